The first-order valence-corrected chi connectivity index (χ1v) is 9.07. The van der Waals surface area contributed by atoms with Gasteiger partial charge in [-0.2, -0.15) is 0 Å². The van der Waals surface area contributed by atoms with E-state index in [1.54, 1.807) is 32.9 Å². The van der Waals surface area contributed by atoms with Gasteiger partial charge in [0.05, 0.1) is 18.2 Å². The molecule has 0 bridgehead atoms. The second-order valence-electron chi connectivity index (χ2n) is 7.15. The maximum Gasteiger partial charge on any atom is 0.290 e. The van der Waals surface area contributed by atoms with E-state index in [1.807, 2.05) is 19.0 Å². The number of hydrogen-bond acceptors (Lipinski definition) is 6. The van der Waals surface area contributed by atoms with Crippen LogP contribution in [0.5, 0.6) is 11.5 Å². The van der Waals surface area contributed by atoms with Crippen LogP contribution in [0.3, 0.4) is 0 Å². The van der Waals surface area contributed by atoms with Gasteiger partial charge in [-0.15, -0.1) is 0 Å². The summed E-state index contributed by atoms with van der Waals surface area (Å²) < 4.78 is 5.44. The SMILES string of the molecule is CCOc1cc(C2C(C(=O)C(C)C)=C(O)C(=O)N2CCN(C)C)ccc1O. The van der Waals surface area contributed by atoms with Crippen molar-refractivity contribution in [2.24, 2.45) is 5.92 Å². The van der Waals surface area contributed by atoms with Gasteiger partial charge in [0.2, 0.25) is 0 Å². The number of carbonyl (C=O) groups is 2. The van der Waals surface area contributed by atoms with Crippen LogP contribution in [0.25, 0.3) is 0 Å². The van der Waals surface area contributed by atoms with Crippen molar-refractivity contribution in [1.82, 2.24) is 9.80 Å². The van der Waals surface area contributed by atoms with Gasteiger partial charge in [-0.05, 0) is 38.7 Å². The molecule has 0 saturated heterocycles. The van der Waals surface area contributed by atoms with Crippen LogP contribution in [0, 0.1) is 5.92 Å². The highest BCUT2D eigenvalue weighted by atomic mass is 16.5. The van der Waals surface area contributed by atoms with Gasteiger partial charge in [0.1, 0.15) is 0 Å². The third-order valence-corrected chi connectivity index (χ3v) is 4.48. The smallest absolute Gasteiger partial charge is 0.290 e. The first kappa shape index (κ1) is 20.8. The number of phenolic OH excluding ortho intramolecular Hbond substituents is 1. The van der Waals surface area contributed by atoms with Gasteiger partial charge in [-0.1, -0.05) is 19.9 Å². The molecule has 2 rings (SSSR count). The van der Waals surface area contributed by atoms with E-state index in [0.29, 0.717) is 25.3 Å². The molecule has 2 N–H and O–H groups in total. The van der Waals surface area contributed by atoms with Crippen molar-refractivity contribution < 1.29 is 24.5 Å². The van der Waals surface area contributed by atoms with Crippen LogP contribution in [-0.4, -0.2) is 65.5 Å². The van der Waals surface area contributed by atoms with Crippen molar-refractivity contribution in [3.05, 3.63) is 35.1 Å². The number of likely N-dealkylation sites (N-methyl/N-ethyl adjacent to an activating group) is 1. The predicted molar refractivity (Wildman–Crippen MR) is 102 cm³/mol. The molecule has 0 spiro atoms. The molecular weight excluding hydrogens is 348 g/mol. The lowest BCUT2D eigenvalue weighted by Gasteiger charge is -2.28. The molecule has 0 saturated carbocycles. The molecule has 0 aliphatic carbocycles. The first-order valence-electron chi connectivity index (χ1n) is 9.07. The molecule has 1 amide bonds. The molecule has 27 heavy (non-hydrogen) atoms. The Morgan fingerprint density at radius 2 is 1.96 bits per heavy atom. The predicted octanol–water partition coefficient (Wildman–Crippen LogP) is 2.27. The third kappa shape index (κ3) is 4.24. The van der Waals surface area contributed by atoms with Crippen molar-refractivity contribution >= 4 is 11.7 Å². The number of Topliss-reactive ketones (excluding diaryl/α,β-unsaturated/α-hetero) is 1. The Kier molecular flexibility index (Phi) is 6.49. The maximum atomic E-state index is 12.8. The number of rotatable bonds is 8. The number of nitrogens with zero attached hydrogens (tertiary/aromatic N) is 2. The second kappa shape index (κ2) is 8.43. The third-order valence-electron chi connectivity index (χ3n) is 4.48. The van der Waals surface area contributed by atoms with E-state index in [9.17, 15) is 19.8 Å². The molecule has 1 aliphatic heterocycles. The van der Waals surface area contributed by atoms with E-state index >= 15 is 0 Å². The minimum Gasteiger partial charge on any atom is -0.504 e. The van der Waals surface area contributed by atoms with Gasteiger partial charge in [0.15, 0.2) is 23.0 Å². The van der Waals surface area contributed by atoms with Gasteiger partial charge in [0.25, 0.3) is 5.91 Å². The normalized spacial score (nSPS) is 17.4. The highest BCUT2D eigenvalue weighted by molar-refractivity contribution is 6.09. The molecule has 7 nitrogen and oxygen atoms in total. The van der Waals surface area contributed by atoms with Crippen molar-refractivity contribution in [2.75, 3.05) is 33.8 Å². The Bertz CT molecular complexity index is 755. The minimum absolute atomic E-state index is 0.0188. The fourth-order valence-corrected chi connectivity index (χ4v) is 3.07. The number of aliphatic hydroxyl groups excluding tert-OH is 1. The minimum atomic E-state index is -0.716. The summed E-state index contributed by atoms with van der Waals surface area (Å²) in [5.41, 5.74) is 0.707. The van der Waals surface area contributed by atoms with Crippen molar-refractivity contribution in [3.8, 4) is 11.5 Å². The molecule has 1 unspecified atom stereocenters. The number of amides is 1. The lowest BCUT2D eigenvalue weighted by atomic mass is 9.91. The Balaban J connectivity index is 2.54. The number of phenols is 1. The molecule has 1 heterocycles. The summed E-state index contributed by atoms with van der Waals surface area (Å²) in [6.45, 7) is 6.55. The summed E-state index contributed by atoms with van der Waals surface area (Å²) in [6, 6.07) is 4.02. The molecule has 0 fully saturated rings. The fraction of sp³-hybridized carbons (Fsp3) is 0.500. The Hall–Kier alpha value is -2.54. The molecule has 0 radical (unpaired) electrons. The number of ether oxygens (including phenoxy) is 1. The molecule has 1 aliphatic rings. The number of carbonyl (C=O) groups excluding carboxylic acids is 2. The standard InChI is InChI=1S/C20H28N2O5/c1-6-27-15-11-13(7-8-14(15)23)17-16(18(24)12(2)3)19(25)20(26)22(17)10-9-21(4)5/h7-8,11-12,17,23,25H,6,9-10H2,1-5H3. The van der Waals surface area contributed by atoms with Gasteiger partial charge >= 0.3 is 0 Å². The van der Waals surface area contributed by atoms with Crippen LogP contribution in [-0.2, 0) is 9.59 Å². The molecule has 148 valence electrons. The first-order chi connectivity index (χ1) is 12.7. The topological polar surface area (TPSA) is 90.3 Å². The van der Waals surface area contributed by atoms with Gasteiger partial charge < -0.3 is 24.7 Å². The highest BCUT2D eigenvalue weighted by Gasteiger charge is 2.43. The summed E-state index contributed by atoms with van der Waals surface area (Å²) in [6.07, 6.45) is 0. The Morgan fingerprint density at radius 3 is 2.52 bits per heavy atom. The zero-order chi connectivity index (χ0) is 20.3. The average Bonchev–Trinajstić information content (AvgIpc) is 2.85. The second-order valence-corrected chi connectivity index (χ2v) is 7.15. The van der Waals surface area contributed by atoms with Gasteiger partial charge in [-0.25, -0.2) is 0 Å². The van der Waals surface area contributed by atoms with Crippen molar-refractivity contribution in [2.45, 2.75) is 26.8 Å². The van der Waals surface area contributed by atoms with E-state index < -0.39 is 17.7 Å². The lowest BCUT2D eigenvalue weighted by Crippen LogP contribution is -2.36. The van der Waals surface area contributed by atoms with Crippen molar-refractivity contribution in [3.63, 3.8) is 0 Å². The van der Waals surface area contributed by atoms with Crippen LogP contribution in [0.4, 0.5) is 0 Å². The molecule has 7 heteroatoms. The summed E-state index contributed by atoms with van der Waals surface area (Å²) in [5.74, 6) is -1.44. The van der Waals surface area contributed by atoms with E-state index in [4.69, 9.17) is 4.74 Å². The zero-order valence-electron chi connectivity index (χ0n) is 16.5. The van der Waals surface area contributed by atoms with E-state index in [1.165, 1.54) is 11.0 Å². The number of ketones is 1. The highest BCUT2D eigenvalue weighted by Crippen LogP contribution is 2.41. The summed E-state index contributed by atoms with van der Waals surface area (Å²) >= 11 is 0. The monoisotopic (exact) mass is 376 g/mol. The van der Waals surface area contributed by atoms with Crippen molar-refractivity contribution in [1.29, 1.82) is 0 Å². The van der Waals surface area contributed by atoms with E-state index in [0.717, 1.165) is 0 Å². The number of benzene rings is 1. The maximum absolute atomic E-state index is 12.8. The Labute approximate surface area is 159 Å². The molecule has 1 atom stereocenters. The molecular formula is C20H28N2O5. The number of aliphatic hydroxyl groups is 1. The van der Waals surface area contributed by atoms with Crippen LogP contribution in [0.1, 0.15) is 32.4 Å². The molecule has 1 aromatic rings. The number of hydrogen-bond donors (Lipinski definition) is 2. The summed E-state index contributed by atoms with van der Waals surface area (Å²) in [4.78, 5) is 28.9. The van der Waals surface area contributed by atoms with Crippen LogP contribution in [0.15, 0.2) is 29.5 Å². The molecule has 1 aromatic carbocycles. The van der Waals surface area contributed by atoms with E-state index in [-0.39, 0.29) is 28.8 Å². The fourth-order valence-electron chi connectivity index (χ4n) is 3.07. The number of aromatic hydroxyl groups is 1. The lowest BCUT2D eigenvalue weighted by molar-refractivity contribution is -0.129. The molecule has 0 aromatic heterocycles. The average molecular weight is 376 g/mol. The summed E-state index contributed by atoms with van der Waals surface area (Å²) in [5, 5.41) is 20.4. The van der Waals surface area contributed by atoms with Crippen LogP contribution < -0.4 is 4.74 Å². The Morgan fingerprint density at radius 1 is 1.30 bits per heavy atom. The van der Waals surface area contributed by atoms with Gasteiger partial charge in [0, 0.05) is 19.0 Å². The largest absolute Gasteiger partial charge is 0.504 e. The van der Waals surface area contributed by atoms with Crippen LogP contribution >= 0.6 is 0 Å². The quantitative estimate of drug-likeness (QED) is 0.723. The zero-order valence-corrected chi connectivity index (χ0v) is 16.5. The van der Waals surface area contributed by atoms with E-state index in [2.05, 4.69) is 0 Å². The van der Waals surface area contributed by atoms with Crippen LogP contribution in [0.2, 0.25) is 0 Å². The van der Waals surface area contributed by atoms with Gasteiger partial charge in [-0.3, -0.25) is 9.59 Å². The summed E-state index contributed by atoms with van der Waals surface area (Å²) in [7, 11) is 3.77.